The molecular formula is C25H33F3N4O3S. The van der Waals surface area contributed by atoms with Gasteiger partial charge in [-0.05, 0) is 64.0 Å². The summed E-state index contributed by atoms with van der Waals surface area (Å²) in [6.45, 7) is 3.72. The maximum atomic E-state index is 12.7. The van der Waals surface area contributed by atoms with Crippen molar-refractivity contribution in [3.8, 4) is 5.19 Å². The molecule has 36 heavy (non-hydrogen) atoms. The van der Waals surface area contributed by atoms with E-state index >= 15 is 0 Å². The predicted octanol–water partition coefficient (Wildman–Crippen LogP) is 4.05. The lowest BCUT2D eigenvalue weighted by Crippen LogP contribution is -2.40. The minimum atomic E-state index is -4.36. The Hall–Kier alpha value is -2.40. The molecule has 1 aliphatic carbocycles. The van der Waals surface area contributed by atoms with E-state index in [2.05, 4.69) is 15.2 Å². The topological polar surface area (TPSA) is 76.5 Å². The Labute approximate surface area is 212 Å². The number of nitrogens with zero attached hydrogens (tertiary/aromatic N) is 3. The van der Waals surface area contributed by atoms with Crippen LogP contribution in [0.15, 0.2) is 23.0 Å². The summed E-state index contributed by atoms with van der Waals surface area (Å²) in [5.41, 5.74) is 1.11. The molecule has 0 spiro atoms. The molecule has 0 unspecified atom stereocenters. The normalized spacial score (nSPS) is 21.0. The van der Waals surface area contributed by atoms with Crippen LogP contribution >= 0.6 is 11.3 Å². The fourth-order valence-corrected chi connectivity index (χ4v) is 6.02. The Balaban J connectivity index is 1.18. The Kier molecular flexibility index (Phi) is 8.71. The summed E-state index contributed by atoms with van der Waals surface area (Å²) in [4.78, 5) is 32.4. The van der Waals surface area contributed by atoms with E-state index in [9.17, 15) is 22.8 Å². The van der Waals surface area contributed by atoms with Gasteiger partial charge in [-0.1, -0.05) is 17.4 Å². The molecule has 0 radical (unpaired) electrons. The SMILES string of the molecule is CCn1c(C(=O)NC2CCC(CCN3CCc4nc(OCC(F)(F)F)sc4CC3)CC2)cccc1=O. The summed E-state index contributed by atoms with van der Waals surface area (Å²) in [6, 6.07) is 4.91. The quantitative estimate of drug-likeness (QED) is 0.562. The number of nitrogens with one attached hydrogen (secondary N) is 1. The summed E-state index contributed by atoms with van der Waals surface area (Å²) in [5.74, 6) is 0.428. The molecule has 0 atom stereocenters. The summed E-state index contributed by atoms with van der Waals surface area (Å²) < 4.78 is 43.5. The van der Waals surface area contributed by atoms with E-state index in [0.717, 1.165) is 75.2 Å². The van der Waals surface area contributed by atoms with Gasteiger partial charge in [0.2, 0.25) is 0 Å². The highest BCUT2D eigenvalue weighted by atomic mass is 32.1. The molecule has 1 fully saturated rings. The van der Waals surface area contributed by atoms with E-state index < -0.39 is 12.8 Å². The van der Waals surface area contributed by atoms with Crippen LogP contribution in [0.2, 0.25) is 0 Å². The first kappa shape index (κ1) is 26.7. The largest absolute Gasteiger partial charge is 0.460 e. The highest BCUT2D eigenvalue weighted by Crippen LogP contribution is 2.31. The van der Waals surface area contributed by atoms with Gasteiger partial charge in [-0.2, -0.15) is 13.2 Å². The first-order valence-corrected chi connectivity index (χ1v) is 13.4. The van der Waals surface area contributed by atoms with Crippen molar-refractivity contribution < 1.29 is 22.7 Å². The van der Waals surface area contributed by atoms with Crippen molar-refractivity contribution in [1.82, 2.24) is 19.8 Å². The van der Waals surface area contributed by atoms with Crippen molar-refractivity contribution in [3.63, 3.8) is 0 Å². The van der Waals surface area contributed by atoms with E-state index in [1.54, 1.807) is 12.1 Å². The standard InChI is InChI=1S/C25H33F3N4O3S/c1-2-32-20(4-3-5-22(32)33)23(34)29-18-8-6-17(7-9-18)10-13-31-14-11-19-21(12-15-31)36-24(30-19)35-16-25(26,27)28/h3-5,17-18H,2,6-16H2,1H3,(H,29,34). The Morgan fingerprint density at radius 3 is 2.67 bits per heavy atom. The van der Waals surface area contributed by atoms with Gasteiger partial charge in [0.15, 0.2) is 6.61 Å². The van der Waals surface area contributed by atoms with Gasteiger partial charge in [-0.3, -0.25) is 9.59 Å². The average molecular weight is 527 g/mol. The van der Waals surface area contributed by atoms with E-state index in [-0.39, 0.29) is 22.7 Å². The second-order valence-electron chi connectivity index (χ2n) is 9.57. The van der Waals surface area contributed by atoms with Crippen molar-refractivity contribution in [3.05, 3.63) is 44.8 Å². The first-order chi connectivity index (χ1) is 17.2. The number of carbonyl (C=O) groups excluding carboxylic acids is 1. The second kappa shape index (κ2) is 11.8. The number of fused-ring (bicyclic) bond motifs is 1. The van der Waals surface area contributed by atoms with Gasteiger partial charge in [0.05, 0.1) is 5.69 Å². The minimum absolute atomic E-state index is 0.111. The number of alkyl halides is 3. The lowest BCUT2D eigenvalue weighted by Gasteiger charge is -2.31. The molecule has 1 N–H and O–H groups in total. The fourth-order valence-electron chi connectivity index (χ4n) is 5.08. The van der Waals surface area contributed by atoms with Crippen LogP contribution in [0, 0.1) is 5.92 Å². The Morgan fingerprint density at radius 2 is 1.94 bits per heavy atom. The van der Waals surface area contributed by atoms with E-state index in [4.69, 9.17) is 4.74 Å². The van der Waals surface area contributed by atoms with Gasteiger partial charge >= 0.3 is 6.18 Å². The third-order valence-electron chi connectivity index (χ3n) is 7.07. The van der Waals surface area contributed by atoms with E-state index in [0.29, 0.717) is 18.2 Å². The van der Waals surface area contributed by atoms with Crippen molar-refractivity contribution in [1.29, 1.82) is 0 Å². The third-order valence-corrected chi connectivity index (χ3v) is 8.14. The highest BCUT2D eigenvalue weighted by molar-refractivity contribution is 7.13. The zero-order valence-electron chi connectivity index (χ0n) is 20.5. The maximum Gasteiger partial charge on any atom is 0.422 e. The molecule has 0 saturated heterocycles. The molecule has 0 bridgehead atoms. The lowest BCUT2D eigenvalue weighted by molar-refractivity contribution is -0.153. The second-order valence-corrected chi connectivity index (χ2v) is 10.6. The van der Waals surface area contributed by atoms with Crippen molar-refractivity contribution in [2.24, 2.45) is 5.92 Å². The number of carbonyl (C=O) groups is 1. The molecule has 198 valence electrons. The molecule has 2 aromatic rings. The van der Waals surface area contributed by atoms with Crippen LogP contribution < -0.4 is 15.6 Å². The molecule has 4 rings (SSSR count). The number of aromatic nitrogens is 2. The molecule has 3 heterocycles. The van der Waals surface area contributed by atoms with Crippen molar-refractivity contribution >= 4 is 17.2 Å². The van der Waals surface area contributed by atoms with Crippen LogP contribution in [0.5, 0.6) is 5.19 Å². The van der Waals surface area contributed by atoms with Gasteiger partial charge in [0.1, 0.15) is 5.69 Å². The van der Waals surface area contributed by atoms with Crippen LogP contribution in [0.1, 0.15) is 60.1 Å². The molecule has 11 heteroatoms. The molecule has 1 amide bonds. The maximum absolute atomic E-state index is 12.7. The predicted molar refractivity (Wildman–Crippen MR) is 132 cm³/mol. The molecule has 2 aliphatic rings. The zero-order valence-corrected chi connectivity index (χ0v) is 21.3. The van der Waals surface area contributed by atoms with Crippen LogP contribution in [0.4, 0.5) is 13.2 Å². The van der Waals surface area contributed by atoms with Crippen LogP contribution in [0.25, 0.3) is 0 Å². The zero-order chi connectivity index (χ0) is 25.7. The molecule has 1 saturated carbocycles. The van der Waals surface area contributed by atoms with E-state index in [1.165, 1.54) is 22.0 Å². The number of ether oxygens (including phenoxy) is 1. The summed E-state index contributed by atoms with van der Waals surface area (Å²) >= 11 is 1.23. The van der Waals surface area contributed by atoms with Crippen LogP contribution in [-0.4, -0.2) is 58.8 Å². The summed E-state index contributed by atoms with van der Waals surface area (Å²) in [6.07, 6.45) is 2.22. The summed E-state index contributed by atoms with van der Waals surface area (Å²) in [5, 5.41) is 3.22. The third kappa shape index (κ3) is 7.09. The first-order valence-electron chi connectivity index (χ1n) is 12.6. The van der Waals surface area contributed by atoms with Crippen molar-refractivity contribution in [2.75, 3.05) is 26.2 Å². The molecule has 2 aromatic heterocycles. The van der Waals surface area contributed by atoms with Gasteiger partial charge in [-0.25, -0.2) is 4.98 Å². The number of hydrogen-bond acceptors (Lipinski definition) is 6. The minimum Gasteiger partial charge on any atom is -0.460 e. The van der Waals surface area contributed by atoms with E-state index in [1.807, 2.05) is 6.92 Å². The number of halogens is 3. The van der Waals surface area contributed by atoms with Gasteiger partial charge in [0.25, 0.3) is 16.7 Å². The van der Waals surface area contributed by atoms with Crippen molar-refractivity contribution in [2.45, 2.75) is 70.6 Å². The Bertz CT molecular complexity index is 1070. The summed E-state index contributed by atoms with van der Waals surface area (Å²) in [7, 11) is 0. The molecule has 1 aliphatic heterocycles. The monoisotopic (exact) mass is 526 g/mol. The number of hydrogen-bond donors (Lipinski definition) is 1. The van der Waals surface area contributed by atoms with Gasteiger partial charge in [0, 0.05) is 43.0 Å². The molecular weight excluding hydrogens is 493 g/mol. The van der Waals surface area contributed by atoms with Gasteiger partial charge < -0.3 is 19.5 Å². The number of rotatable bonds is 8. The molecule has 7 nitrogen and oxygen atoms in total. The smallest absolute Gasteiger partial charge is 0.422 e. The van der Waals surface area contributed by atoms with Gasteiger partial charge in [-0.15, -0.1) is 0 Å². The number of thiazole rings is 1. The average Bonchev–Trinajstić information content (AvgIpc) is 3.15. The lowest BCUT2D eigenvalue weighted by atomic mass is 9.84. The molecule has 0 aromatic carbocycles. The van der Waals surface area contributed by atoms with Crippen LogP contribution in [0.3, 0.4) is 0 Å². The number of amides is 1. The fraction of sp³-hybridized carbons (Fsp3) is 0.640. The highest BCUT2D eigenvalue weighted by Gasteiger charge is 2.30. The number of pyridine rings is 1. The van der Waals surface area contributed by atoms with Crippen LogP contribution in [-0.2, 0) is 19.4 Å². The Morgan fingerprint density at radius 1 is 1.19 bits per heavy atom.